The van der Waals surface area contributed by atoms with E-state index in [1.54, 1.807) is 0 Å². The number of aliphatic hydroxyl groups is 9. The van der Waals surface area contributed by atoms with Crippen LogP contribution in [-0.2, 0) is 37.9 Å². The highest BCUT2D eigenvalue weighted by Crippen LogP contribution is 2.71. The predicted octanol–water partition coefficient (Wildman–Crippen LogP) is -0.256. The second-order valence-electron chi connectivity index (χ2n) is 20.3. The van der Waals surface area contributed by atoms with Crippen LogP contribution in [0.15, 0.2) is 23.8 Å². The monoisotopic (exact) mass is 868 g/mol. The summed E-state index contributed by atoms with van der Waals surface area (Å²) < 4.78 is 49.7. The van der Waals surface area contributed by atoms with Crippen LogP contribution >= 0.6 is 0 Å². The number of ether oxygens (including phenoxy) is 8. The van der Waals surface area contributed by atoms with E-state index in [9.17, 15) is 46.0 Å². The summed E-state index contributed by atoms with van der Waals surface area (Å²) in [5, 5.41) is 97.1. The molecular weight excluding hydrogens is 800 g/mol. The van der Waals surface area contributed by atoms with Gasteiger partial charge >= 0.3 is 0 Å². The fourth-order valence-corrected chi connectivity index (χ4v) is 13.7. The summed E-state index contributed by atoms with van der Waals surface area (Å²) in [4.78, 5) is 0. The van der Waals surface area contributed by atoms with Crippen LogP contribution in [0.1, 0.15) is 79.1 Å². The van der Waals surface area contributed by atoms with Gasteiger partial charge in [0.15, 0.2) is 24.7 Å². The average molecular weight is 869 g/mol. The lowest BCUT2D eigenvalue weighted by molar-refractivity contribution is -0.381. The van der Waals surface area contributed by atoms with Crippen LogP contribution in [0, 0.1) is 40.4 Å². The van der Waals surface area contributed by atoms with E-state index in [1.807, 2.05) is 0 Å². The maximum Gasteiger partial charge on any atom is 0.187 e. The Morgan fingerprint density at radius 3 is 2.26 bits per heavy atom. The van der Waals surface area contributed by atoms with Gasteiger partial charge in [0, 0.05) is 24.2 Å². The molecule has 0 bridgehead atoms. The first-order chi connectivity index (χ1) is 28.9. The molecule has 0 amide bonds. The van der Waals surface area contributed by atoms with Gasteiger partial charge in [0.05, 0.1) is 44.2 Å². The lowest BCUT2D eigenvalue weighted by atomic mass is 9.46. The van der Waals surface area contributed by atoms with E-state index in [-0.39, 0.29) is 30.0 Å². The molecule has 5 aliphatic heterocycles. The van der Waals surface area contributed by atoms with Crippen molar-refractivity contribution in [2.24, 2.45) is 40.4 Å². The number of fused-ring (bicyclic) bond motifs is 7. The average Bonchev–Trinajstić information content (AvgIpc) is 3.68. The van der Waals surface area contributed by atoms with Crippen molar-refractivity contribution in [3.63, 3.8) is 0 Å². The smallest absolute Gasteiger partial charge is 0.187 e. The molecule has 5 saturated heterocycles. The zero-order chi connectivity index (χ0) is 43.5. The fourth-order valence-electron chi connectivity index (χ4n) is 13.7. The molecule has 5 heterocycles. The summed E-state index contributed by atoms with van der Waals surface area (Å²) in [6.07, 6.45) is -13.9. The third-order valence-corrected chi connectivity index (χ3v) is 17.1. The molecule has 0 unspecified atom stereocenters. The first-order valence-electron chi connectivity index (χ1n) is 22.5. The van der Waals surface area contributed by atoms with Crippen molar-refractivity contribution in [1.82, 2.24) is 0 Å². The minimum atomic E-state index is -1.81. The molecule has 9 aliphatic rings. The first kappa shape index (κ1) is 45.0. The lowest BCUT2D eigenvalue weighted by Gasteiger charge is -2.60. The van der Waals surface area contributed by atoms with Crippen LogP contribution in [0.2, 0.25) is 0 Å². The zero-order valence-corrected chi connectivity index (χ0v) is 35.6. The van der Waals surface area contributed by atoms with Crippen LogP contribution in [0.5, 0.6) is 0 Å². The van der Waals surface area contributed by atoms with Crippen LogP contribution < -0.4 is 0 Å². The standard InChI is InChI=1S/C44H68O17/c1-18-8-11-44(55-16-18)19(2)30-27(61-44)14-25-23-7-6-21-12-22(46)13-29(43(21,5)24(23)9-10-42(25,30)4)58-41-38(32(49)26(47)17-54-41)60-40-36(53)37(31(48)20(3)56-40)59-39-35(52)34(51)33(50)28(15-45)57-39/h6,19-20,22-41,45-53H,1,7-17H2,2-5H3/t19-,20-,22+,23+,24-,25-,26-,27-,28+,29+,30-,31-,32-,33+,34-,35+,36+,37+,38+,39-,40-,41-,42-,43-,44+/m0/s1. The summed E-state index contributed by atoms with van der Waals surface area (Å²) in [5.41, 5.74) is 1.79. The van der Waals surface area contributed by atoms with Crippen LogP contribution in [0.4, 0.5) is 0 Å². The van der Waals surface area contributed by atoms with E-state index >= 15 is 0 Å². The molecule has 9 rings (SSSR count). The molecule has 346 valence electrons. The highest BCUT2D eigenvalue weighted by Gasteiger charge is 2.69. The summed E-state index contributed by atoms with van der Waals surface area (Å²) >= 11 is 0. The second kappa shape index (κ2) is 16.6. The van der Waals surface area contributed by atoms with Crippen LogP contribution in [0.25, 0.3) is 0 Å². The first-order valence-corrected chi connectivity index (χ1v) is 22.5. The Bertz CT molecular complexity index is 1640. The van der Waals surface area contributed by atoms with Gasteiger partial charge in [0.25, 0.3) is 0 Å². The Morgan fingerprint density at radius 2 is 1.54 bits per heavy atom. The molecule has 17 heteroatoms. The summed E-state index contributed by atoms with van der Waals surface area (Å²) in [6.45, 7) is 12.2. The normalized spacial score (nSPS) is 57.2. The number of rotatable bonds is 7. The molecule has 4 aliphatic carbocycles. The molecule has 0 aromatic carbocycles. The van der Waals surface area contributed by atoms with E-state index in [0.29, 0.717) is 37.2 Å². The zero-order valence-electron chi connectivity index (χ0n) is 35.6. The number of allylic oxidation sites excluding steroid dienone is 1. The van der Waals surface area contributed by atoms with Gasteiger partial charge in [-0.05, 0) is 74.5 Å². The van der Waals surface area contributed by atoms with E-state index < -0.39 is 116 Å². The fraction of sp³-hybridized carbons (Fsp3) is 0.909. The quantitative estimate of drug-likeness (QED) is 0.150. The maximum atomic E-state index is 11.6. The van der Waals surface area contributed by atoms with Crippen LogP contribution in [-0.4, -0.2) is 176 Å². The van der Waals surface area contributed by atoms with Gasteiger partial charge in [-0.25, -0.2) is 0 Å². The molecule has 3 saturated carbocycles. The second-order valence-corrected chi connectivity index (χ2v) is 20.3. The number of aliphatic hydroxyl groups excluding tert-OH is 9. The summed E-state index contributed by atoms with van der Waals surface area (Å²) in [7, 11) is 0. The van der Waals surface area contributed by atoms with E-state index in [2.05, 4.69) is 33.4 Å². The van der Waals surface area contributed by atoms with Crippen molar-refractivity contribution >= 4 is 0 Å². The largest absolute Gasteiger partial charge is 0.394 e. The number of hydrogen-bond acceptors (Lipinski definition) is 17. The molecule has 0 radical (unpaired) electrons. The van der Waals surface area contributed by atoms with E-state index in [1.165, 1.54) is 6.92 Å². The highest BCUT2D eigenvalue weighted by molar-refractivity contribution is 5.29. The van der Waals surface area contributed by atoms with Gasteiger partial charge in [0.1, 0.15) is 61.0 Å². The van der Waals surface area contributed by atoms with E-state index in [0.717, 1.165) is 49.7 Å². The Balaban J connectivity index is 0.934. The lowest BCUT2D eigenvalue weighted by Crippen LogP contribution is -2.65. The molecule has 61 heavy (non-hydrogen) atoms. The topological polar surface area (TPSA) is 256 Å². The molecule has 25 atom stereocenters. The van der Waals surface area contributed by atoms with E-state index in [4.69, 9.17) is 37.9 Å². The molecular formula is C44H68O17. The van der Waals surface area contributed by atoms with Crippen LogP contribution in [0.3, 0.4) is 0 Å². The summed E-state index contributed by atoms with van der Waals surface area (Å²) in [6, 6.07) is 0. The Labute approximate surface area is 356 Å². The van der Waals surface area contributed by atoms with Crippen molar-refractivity contribution in [2.75, 3.05) is 19.8 Å². The molecule has 8 fully saturated rings. The Kier molecular flexibility index (Phi) is 12.2. The van der Waals surface area contributed by atoms with Gasteiger partial charge in [0.2, 0.25) is 0 Å². The van der Waals surface area contributed by atoms with Gasteiger partial charge in [-0.1, -0.05) is 44.6 Å². The molecule has 0 aromatic heterocycles. The predicted molar refractivity (Wildman–Crippen MR) is 210 cm³/mol. The van der Waals surface area contributed by atoms with Crippen molar-refractivity contribution in [3.05, 3.63) is 23.8 Å². The minimum Gasteiger partial charge on any atom is -0.394 e. The SMILES string of the molecule is C=C1CC[C@@]2(OC1)O[C@H]1C[C@H]3[C@@H]4CC=C5C[C@@H](O)C[C@@H](O[C@@H]6OC[C@H](O)[C@H](O)[C@H]6O[C@@H]6O[C@@H](C)[C@H](O)[C@@H](O[C@@H]7O[C@H](CO)[C@@H](O)[C@H](O)[C@H]7O)[C@H]6O)[C@]5(C)[C@H]4CC[C@]3(C)[C@H]1[C@@H]2C. The van der Waals surface area contributed by atoms with Crippen molar-refractivity contribution in [3.8, 4) is 0 Å². The van der Waals surface area contributed by atoms with Crippen molar-refractivity contribution < 1.29 is 83.9 Å². The summed E-state index contributed by atoms with van der Waals surface area (Å²) in [5.74, 6) is 1.01. The van der Waals surface area contributed by atoms with Crippen molar-refractivity contribution in [1.29, 1.82) is 0 Å². The third kappa shape index (κ3) is 7.25. The third-order valence-electron chi connectivity index (χ3n) is 17.1. The molecule has 9 N–H and O–H groups in total. The number of hydrogen-bond donors (Lipinski definition) is 9. The van der Waals surface area contributed by atoms with Gasteiger partial charge in [-0.15, -0.1) is 0 Å². The Hall–Kier alpha value is -1.20. The molecule has 17 nitrogen and oxygen atoms in total. The highest BCUT2D eigenvalue weighted by atomic mass is 16.8. The van der Waals surface area contributed by atoms with Crippen molar-refractivity contribution in [2.45, 2.75) is 189 Å². The Morgan fingerprint density at radius 1 is 0.803 bits per heavy atom. The van der Waals surface area contributed by atoms with Gasteiger partial charge < -0.3 is 83.9 Å². The van der Waals surface area contributed by atoms with Gasteiger partial charge in [-0.3, -0.25) is 0 Å². The van der Waals surface area contributed by atoms with Gasteiger partial charge in [-0.2, -0.15) is 0 Å². The molecule has 1 spiro atoms. The minimum absolute atomic E-state index is 0.0559. The molecule has 0 aromatic rings. The maximum absolute atomic E-state index is 11.6.